The summed E-state index contributed by atoms with van der Waals surface area (Å²) in [4.78, 5) is 9.12. The van der Waals surface area contributed by atoms with Crippen LogP contribution in [0.5, 0.6) is 0 Å². The van der Waals surface area contributed by atoms with Gasteiger partial charge in [-0.1, -0.05) is 0 Å². The standard InChI is InChI=1S/C3H5O.CH3.V/c1-2-3-4;;/h2-3H,1H3;1H3;/q2*-1;+2. The van der Waals surface area contributed by atoms with Crippen LogP contribution in [0.4, 0.5) is 0 Å². The average Bonchev–Trinajstić information content (AvgIpc) is 1.37. The predicted octanol–water partition coefficient (Wildman–Crippen LogP) is 0.857. The van der Waals surface area contributed by atoms with Crippen LogP contribution in [0.15, 0.2) is 0 Å². The fourth-order valence-electron chi connectivity index (χ4n) is 0. The van der Waals surface area contributed by atoms with Gasteiger partial charge in [0.1, 0.15) is 0 Å². The van der Waals surface area contributed by atoms with Gasteiger partial charge in [0.2, 0.25) is 0 Å². The Kier molecular flexibility index (Phi) is 53.0. The molecule has 0 spiro atoms. The van der Waals surface area contributed by atoms with Crippen molar-refractivity contribution in [1.29, 1.82) is 0 Å². The molecule has 0 fully saturated rings. The molecule has 0 bridgehead atoms. The van der Waals surface area contributed by atoms with Crippen molar-refractivity contribution in [3.8, 4) is 0 Å². The first-order valence-corrected chi connectivity index (χ1v) is 1.15. The first-order valence-electron chi connectivity index (χ1n) is 1.15. The molecule has 0 amide bonds. The maximum absolute atomic E-state index is 9.12. The predicted molar refractivity (Wildman–Crippen MR) is 22.5 cm³/mol. The van der Waals surface area contributed by atoms with Crippen LogP contribution in [0.2, 0.25) is 0 Å². The summed E-state index contributed by atoms with van der Waals surface area (Å²) in [5, 5.41) is 0. The minimum absolute atomic E-state index is 0. The fourth-order valence-corrected chi connectivity index (χ4v) is 0. The molecule has 1 nitrogen and oxygen atoms in total. The average molecular weight is 123 g/mol. The molecule has 0 saturated carbocycles. The van der Waals surface area contributed by atoms with Crippen molar-refractivity contribution in [1.82, 2.24) is 0 Å². The van der Waals surface area contributed by atoms with Gasteiger partial charge in [0.15, 0.2) is 0 Å². The third kappa shape index (κ3) is 31.8. The van der Waals surface area contributed by atoms with E-state index in [1.165, 1.54) is 6.42 Å². The van der Waals surface area contributed by atoms with Crippen LogP contribution < -0.4 is 0 Å². The van der Waals surface area contributed by atoms with Crippen LogP contribution >= 0.6 is 0 Å². The van der Waals surface area contributed by atoms with Crippen LogP contribution in [0.1, 0.15) is 6.92 Å². The molecule has 0 saturated heterocycles. The molecule has 0 atom stereocenters. The summed E-state index contributed by atoms with van der Waals surface area (Å²) in [5.74, 6) is 0. The maximum Gasteiger partial charge on any atom is 2.00 e. The van der Waals surface area contributed by atoms with Gasteiger partial charge in [-0.15, -0.1) is 0 Å². The van der Waals surface area contributed by atoms with E-state index in [-0.39, 0.29) is 26.0 Å². The number of carbonyl (C=O) groups excluding carboxylic acids is 1. The number of hydrogen-bond donors (Lipinski definition) is 0. The van der Waals surface area contributed by atoms with Gasteiger partial charge in [-0.25, -0.2) is 0 Å². The van der Waals surface area contributed by atoms with E-state index in [0.29, 0.717) is 0 Å². The van der Waals surface area contributed by atoms with Crippen molar-refractivity contribution < 1.29 is 23.4 Å². The Morgan fingerprint density at radius 1 is 1.67 bits per heavy atom. The summed E-state index contributed by atoms with van der Waals surface area (Å²) in [6.07, 6.45) is 2.19. The van der Waals surface area contributed by atoms with Crippen LogP contribution in [-0.2, 0) is 23.4 Å². The molecule has 0 aromatic heterocycles. The van der Waals surface area contributed by atoms with Crippen molar-refractivity contribution in [2.45, 2.75) is 6.92 Å². The van der Waals surface area contributed by atoms with Crippen molar-refractivity contribution in [2.75, 3.05) is 0 Å². The summed E-state index contributed by atoms with van der Waals surface area (Å²) in [6, 6.07) is 0. The largest absolute Gasteiger partial charge is 2.00 e. The normalized spacial score (nSPS) is 3.50. The zero-order chi connectivity index (χ0) is 3.41. The van der Waals surface area contributed by atoms with Gasteiger partial charge in [-0.2, -0.15) is 6.92 Å². The smallest absolute Gasteiger partial charge is 0.358 e. The minimum Gasteiger partial charge on any atom is -0.358 e. The van der Waals surface area contributed by atoms with Gasteiger partial charge in [0.05, 0.1) is 0 Å². The van der Waals surface area contributed by atoms with Crippen LogP contribution in [0.25, 0.3) is 0 Å². The molecule has 6 heavy (non-hydrogen) atoms. The van der Waals surface area contributed by atoms with Crippen molar-refractivity contribution in [3.63, 3.8) is 0 Å². The van der Waals surface area contributed by atoms with Gasteiger partial charge in [-0.3, -0.25) is 0 Å². The number of aldehydes is 1. The molecular formula is C4H8OV. The van der Waals surface area contributed by atoms with E-state index in [1.54, 1.807) is 6.92 Å². The molecule has 0 aromatic carbocycles. The van der Waals surface area contributed by atoms with Gasteiger partial charge in [0.25, 0.3) is 0 Å². The maximum atomic E-state index is 9.12. The van der Waals surface area contributed by atoms with Crippen LogP contribution in [-0.4, -0.2) is 6.29 Å². The molecule has 0 aliphatic rings. The van der Waals surface area contributed by atoms with E-state index in [9.17, 15) is 0 Å². The van der Waals surface area contributed by atoms with Gasteiger partial charge in [-0.05, 0) is 6.29 Å². The summed E-state index contributed by atoms with van der Waals surface area (Å²) < 4.78 is 0. The molecule has 0 unspecified atom stereocenters. The Morgan fingerprint density at radius 3 is 1.83 bits per heavy atom. The van der Waals surface area contributed by atoms with Crippen LogP contribution in [0.3, 0.4) is 0 Å². The Bertz CT molecular complexity index is 21.5. The summed E-state index contributed by atoms with van der Waals surface area (Å²) in [7, 11) is 0. The third-order valence-corrected chi connectivity index (χ3v) is 0.136. The quantitative estimate of drug-likeness (QED) is 0.373. The summed E-state index contributed by atoms with van der Waals surface area (Å²) in [6.45, 7) is 1.69. The second-order valence-electron chi connectivity index (χ2n) is 0.469. The molecule has 2 heteroatoms. The third-order valence-electron chi connectivity index (χ3n) is 0.136. The molecule has 0 N–H and O–H groups in total. The Morgan fingerprint density at radius 2 is 1.83 bits per heavy atom. The van der Waals surface area contributed by atoms with E-state index in [4.69, 9.17) is 4.79 Å². The van der Waals surface area contributed by atoms with Gasteiger partial charge < -0.3 is 18.6 Å². The van der Waals surface area contributed by atoms with Crippen molar-refractivity contribution >= 4 is 6.29 Å². The van der Waals surface area contributed by atoms with E-state index in [0.717, 1.165) is 6.29 Å². The Hall–Kier alpha value is 0.124. The second-order valence-corrected chi connectivity index (χ2v) is 0.469. The minimum atomic E-state index is 0. The first-order chi connectivity index (χ1) is 1.91. The molecule has 0 rings (SSSR count). The molecule has 0 aliphatic heterocycles. The van der Waals surface area contributed by atoms with E-state index in [1.807, 2.05) is 0 Å². The number of rotatable bonds is 1. The number of carbonyl (C=O) groups is 1. The Labute approximate surface area is 51.0 Å². The molecule has 0 heterocycles. The molecule has 0 aromatic rings. The molecule has 1 radical (unpaired) electrons. The van der Waals surface area contributed by atoms with Gasteiger partial charge in [0, 0.05) is 0 Å². The zero-order valence-electron chi connectivity index (χ0n) is 4.01. The number of hydrogen-bond acceptors (Lipinski definition) is 1. The van der Waals surface area contributed by atoms with Crippen LogP contribution in [0, 0.1) is 13.8 Å². The van der Waals surface area contributed by atoms with E-state index >= 15 is 0 Å². The van der Waals surface area contributed by atoms with E-state index in [2.05, 4.69) is 0 Å². The van der Waals surface area contributed by atoms with E-state index < -0.39 is 0 Å². The van der Waals surface area contributed by atoms with Crippen molar-refractivity contribution in [3.05, 3.63) is 13.8 Å². The Balaban J connectivity index is -0.0000000450. The first kappa shape index (κ1) is 16.5. The second kappa shape index (κ2) is 19.3. The SMILES string of the molecule is C[CH-]C=O.[CH3-].[V+2]. The topological polar surface area (TPSA) is 17.1 Å². The zero-order valence-corrected chi connectivity index (χ0v) is 5.41. The summed E-state index contributed by atoms with van der Waals surface area (Å²) in [5.41, 5.74) is 0. The van der Waals surface area contributed by atoms with Crippen molar-refractivity contribution in [2.24, 2.45) is 0 Å². The summed E-state index contributed by atoms with van der Waals surface area (Å²) >= 11 is 0. The molecular weight excluding hydrogens is 115 g/mol. The molecule has 0 aliphatic carbocycles. The fraction of sp³-hybridized carbons (Fsp3) is 0.250. The monoisotopic (exact) mass is 123 g/mol. The van der Waals surface area contributed by atoms with Gasteiger partial charge >= 0.3 is 18.6 Å². The molecule has 35 valence electrons.